The van der Waals surface area contributed by atoms with Gasteiger partial charge in [-0.25, -0.2) is 18.2 Å². The number of nitrogens with one attached hydrogen (secondary N) is 3. The number of urea groups is 1. The fraction of sp³-hybridized carbons (Fsp3) is 0.310. The molecule has 4 aromatic carbocycles. The molecule has 308 valence electrons. The summed E-state index contributed by atoms with van der Waals surface area (Å²) in [6.45, 7) is 8.42. The minimum Gasteiger partial charge on any atom is -0.496 e. The number of ether oxygens (including phenoxy) is 4. The van der Waals surface area contributed by atoms with Crippen molar-refractivity contribution < 1.29 is 37.0 Å². The number of pyridine rings is 1. The summed E-state index contributed by atoms with van der Waals surface area (Å²) < 4.78 is 50.1. The van der Waals surface area contributed by atoms with E-state index in [1.54, 1.807) is 67.9 Å². The number of sulfonamides is 1. The molecule has 0 unspecified atom stereocenters. The van der Waals surface area contributed by atoms with Crippen LogP contribution in [0.5, 0.6) is 23.0 Å². The van der Waals surface area contributed by atoms with Crippen LogP contribution in [-0.4, -0.2) is 91.1 Å². The van der Waals surface area contributed by atoms with Crippen molar-refractivity contribution in [2.75, 3.05) is 75.8 Å². The van der Waals surface area contributed by atoms with E-state index in [1.807, 2.05) is 52.1 Å². The Morgan fingerprint density at radius 3 is 2.26 bits per heavy atom. The molecule has 0 saturated carbocycles. The largest absolute Gasteiger partial charge is 0.496 e. The number of fused-ring (bicyclic) bond motifs is 1. The molecule has 1 heterocycles. The van der Waals surface area contributed by atoms with Gasteiger partial charge < -0.3 is 40.2 Å². The maximum absolute atomic E-state index is 13.4. The average molecular weight is 814 g/mol. The third-order valence-electron chi connectivity index (χ3n) is 9.13. The van der Waals surface area contributed by atoms with Gasteiger partial charge in [0.15, 0.2) is 5.75 Å². The number of rotatable bonds is 17. The molecule has 1 aromatic heterocycles. The number of carbonyl (C=O) groups excluding carboxylic acids is 2. The van der Waals surface area contributed by atoms with Gasteiger partial charge in [-0.15, -0.1) is 0 Å². The van der Waals surface area contributed by atoms with Crippen molar-refractivity contribution in [1.29, 1.82) is 0 Å². The second-order valence-corrected chi connectivity index (χ2v) is 16.3. The second-order valence-electron chi connectivity index (χ2n) is 14.6. The number of hydrogen-bond donors (Lipinski definition) is 4. The molecule has 0 bridgehead atoms. The lowest BCUT2D eigenvalue weighted by atomic mass is 9.86. The van der Waals surface area contributed by atoms with Gasteiger partial charge >= 0.3 is 6.03 Å². The number of benzene rings is 4. The molecule has 0 aliphatic rings. The summed E-state index contributed by atoms with van der Waals surface area (Å²) in [5.41, 5.74) is 8.26. The Hall–Kier alpha value is -6.10. The number of nitrogens with zero attached hydrogens (tertiary/aromatic N) is 3. The van der Waals surface area contributed by atoms with Gasteiger partial charge in [0.05, 0.1) is 49.7 Å². The van der Waals surface area contributed by atoms with Crippen LogP contribution in [0.4, 0.5) is 33.4 Å². The summed E-state index contributed by atoms with van der Waals surface area (Å²) in [7, 11) is 2.80. The third kappa shape index (κ3) is 10.6. The van der Waals surface area contributed by atoms with Gasteiger partial charge in [0.1, 0.15) is 23.1 Å². The van der Waals surface area contributed by atoms with Crippen LogP contribution in [0.25, 0.3) is 10.8 Å². The van der Waals surface area contributed by atoms with Crippen molar-refractivity contribution in [2.24, 2.45) is 5.73 Å². The van der Waals surface area contributed by atoms with E-state index in [9.17, 15) is 18.0 Å². The average Bonchev–Trinajstić information content (AvgIpc) is 3.16. The number of amides is 3. The van der Waals surface area contributed by atoms with Crippen LogP contribution in [0, 0.1) is 0 Å². The van der Waals surface area contributed by atoms with Gasteiger partial charge in [-0.05, 0) is 60.5 Å². The van der Waals surface area contributed by atoms with Crippen LogP contribution in [-0.2, 0) is 20.2 Å². The summed E-state index contributed by atoms with van der Waals surface area (Å²) in [5, 5.41) is 7.48. The fourth-order valence-electron chi connectivity index (χ4n) is 6.20. The summed E-state index contributed by atoms with van der Waals surface area (Å²) in [6.07, 6.45) is 2.64. The highest BCUT2D eigenvalue weighted by Gasteiger charge is 2.28. The van der Waals surface area contributed by atoms with Gasteiger partial charge in [0.25, 0.3) is 5.91 Å². The van der Waals surface area contributed by atoms with Gasteiger partial charge in [-0.2, -0.15) is 0 Å². The lowest BCUT2D eigenvalue weighted by Crippen LogP contribution is -2.34. The van der Waals surface area contributed by atoms with Crippen LogP contribution in [0.3, 0.4) is 0 Å². The zero-order chi connectivity index (χ0) is 42.2. The minimum atomic E-state index is -3.72. The van der Waals surface area contributed by atoms with Crippen molar-refractivity contribution in [3.8, 4) is 23.0 Å². The monoisotopic (exact) mass is 813 g/mol. The molecule has 15 nitrogen and oxygen atoms in total. The molecular weight excluding hydrogens is 763 g/mol. The third-order valence-corrected chi connectivity index (χ3v) is 9.72. The zero-order valence-electron chi connectivity index (χ0n) is 34.0. The highest BCUT2D eigenvalue weighted by molar-refractivity contribution is 7.92. The molecular formula is C42H51N7O8S. The molecule has 5 rings (SSSR count). The number of likely N-dealkylation sites (N-methyl/N-ethyl adjacent to an activating group) is 1. The molecule has 0 aliphatic carbocycles. The lowest BCUT2D eigenvalue weighted by molar-refractivity contribution is 0.0944. The highest BCUT2D eigenvalue weighted by Crippen LogP contribution is 2.46. The van der Waals surface area contributed by atoms with E-state index in [0.717, 1.165) is 18.4 Å². The van der Waals surface area contributed by atoms with Gasteiger partial charge in [0, 0.05) is 61.5 Å². The van der Waals surface area contributed by atoms with Crippen molar-refractivity contribution in [1.82, 2.24) is 15.2 Å². The van der Waals surface area contributed by atoms with E-state index in [2.05, 4.69) is 25.2 Å². The van der Waals surface area contributed by atoms with E-state index < -0.39 is 21.5 Å². The number of aromatic nitrogens is 1. The first-order valence-corrected chi connectivity index (χ1v) is 20.3. The molecule has 0 atom stereocenters. The fourth-order valence-corrected chi connectivity index (χ4v) is 6.75. The summed E-state index contributed by atoms with van der Waals surface area (Å²) in [5.74, 6) is 1.69. The maximum atomic E-state index is 13.4. The first-order chi connectivity index (χ1) is 27.5. The predicted octanol–water partition coefficient (Wildman–Crippen LogP) is 6.98. The number of nitrogens with two attached hydrogens (primary N) is 1. The Labute approximate surface area is 339 Å². The molecule has 0 aliphatic heterocycles. The molecule has 16 heteroatoms. The summed E-state index contributed by atoms with van der Waals surface area (Å²) >= 11 is 0. The number of carbonyl (C=O) groups is 2. The molecule has 0 fully saturated rings. The first kappa shape index (κ1) is 43.0. The molecule has 5 N–H and O–H groups in total. The predicted molar refractivity (Wildman–Crippen MR) is 228 cm³/mol. The Morgan fingerprint density at radius 1 is 0.862 bits per heavy atom. The highest BCUT2D eigenvalue weighted by atomic mass is 32.2. The molecule has 0 radical (unpaired) electrons. The second kappa shape index (κ2) is 18.4. The zero-order valence-corrected chi connectivity index (χ0v) is 34.8. The van der Waals surface area contributed by atoms with Crippen molar-refractivity contribution in [2.45, 2.75) is 26.2 Å². The van der Waals surface area contributed by atoms with Crippen molar-refractivity contribution in [3.63, 3.8) is 0 Å². The van der Waals surface area contributed by atoms with E-state index in [-0.39, 0.29) is 23.0 Å². The van der Waals surface area contributed by atoms with Crippen molar-refractivity contribution in [3.05, 3.63) is 96.2 Å². The van der Waals surface area contributed by atoms with Gasteiger partial charge in [-0.1, -0.05) is 45.0 Å². The first-order valence-electron chi connectivity index (χ1n) is 18.4. The minimum absolute atomic E-state index is 0.117. The van der Waals surface area contributed by atoms with E-state index in [0.29, 0.717) is 70.5 Å². The molecule has 5 aromatic rings. The number of hydrogen-bond acceptors (Lipinski definition) is 11. The molecule has 58 heavy (non-hydrogen) atoms. The standard InChI is InChI=1S/C42H51N7O8S/c1-42(2,3)27-23-33(47-58(8,52)53)39(56-7)35(24-27)49(41(43)51)34-15-16-36(31-12-10-9-11-30(31)34)57-29-17-18-44-38(26-29)46-28-13-14-32(37(25-28)55-6)40(50)45-19-20-48(4)21-22-54-5/h9-18,23-26,47H,19-22H2,1-8H3,(H2,43,51)(H,44,46)(H,45,50). The Balaban J connectivity index is 1.43. The molecule has 3 amide bonds. The number of primary amides is 1. The maximum Gasteiger partial charge on any atom is 0.324 e. The summed E-state index contributed by atoms with van der Waals surface area (Å²) in [6, 6.07) is 22.1. The van der Waals surface area contributed by atoms with E-state index in [4.69, 9.17) is 24.7 Å². The van der Waals surface area contributed by atoms with Crippen LogP contribution < -0.4 is 40.2 Å². The molecule has 0 saturated heterocycles. The van der Waals surface area contributed by atoms with E-state index >= 15 is 0 Å². The number of anilines is 5. The summed E-state index contributed by atoms with van der Waals surface area (Å²) in [4.78, 5) is 34.2. The SMILES string of the molecule is COCCN(C)CCNC(=O)c1ccc(Nc2cc(Oc3ccc(N(C(N)=O)c4cc(C(C)(C)C)cc(NS(C)(=O)=O)c4OC)c4ccccc34)ccn2)cc1OC. The van der Waals surface area contributed by atoms with Crippen molar-refractivity contribution >= 4 is 61.3 Å². The van der Waals surface area contributed by atoms with Gasteiger partial charge in [-0.3, -0.25) is 14.4 Å². The quantitative estimate of drug-likeness (QED) is 0.0759. The lowest BCUT2D eigenvalue weighted by Gasteiger charge is -2.29. The Kier molecular flexibility index (Phi) is 13.7. The normalized spacial score (nSPS) is 11.6. The number of methoxy groups -OCH3 is 3. The van der Waals surface area contributed by atoms with Crippen LogP contribution in [0.1, 0.15) is 36.7 Å². The Bertz CT molecular complexity index is 2380. The smallest absolute Gasteiger partial charge is 0.324 e. The Morgan fingerprint density at radius 2 is 1.60 bits per heavy atom. The topological polar surface area (TPSA) is 187 Å². The van der Waals surface area contributed by atoms with E-state index in [1.165, 1.54) is 19.1 Å². The molecule has 0 spiro atoms. The van der Waals surface area contributed by atoms with Crippen LogP contribution in [0.15, 0.2) is 85.1 Å². The van der Waals surface area contributed by atoms with Gasteiger partial charge in [0.2, 0.25) is 10.0 Å². The van der Waals surface area contributed by atoms with Crippen LogP contribution in [0.2, 0.25) is 0 Å². The van der Waals surface area contributed by atoms with Crippen LogP contribution >= 0.6 is 0 Å².